The van der Waals surface area contributed by atoms with Crippen LogP contribution in [0.4, 0.5) is 5.82 Å². The number of nitrogen functional groups attached to an aromatic ring is 1. The fraction of sp³-hybridized carbons (Fsp3) is 0.643. The van der Waals surface area contributed by atoms with Crippen molar-refractivity contribution >= 4 is 5.82 Å². The summed E-state index contributed by atoms with van der Waals surface area (Å²) >= 11 is 0. The Morgan fingerprint density at radius 3 is 2.61 bits per heavy atom. The van der Waals surface area contributed by atoms with Gasteiger partial charge in [-0.25, -0.2) is 4.98 Å². The monoisotopic (exact) mass is 251 g/mol. The molecule has 0 aliphatic heterocycles. The molecule has 0 aliphatic carbocycles. The van der Waals surface area contributed by atoms with Crippen molar-refractivity contribution in [3.63, 3.8) is 0 Å². The average Bonchev–Trinajstić information content (AvgIpc) is 2.36. The van der Waals surface area contributed by atoms with E-state index in [2.05, 4.69) is 38.0 Å². The molecule has 4 nitrogen and oxygen atoms in total. The zero-order valence-corrected chi connectivity index (χ0v) is 12.1. The van der Waals surface area contributed by atoms with E-state index in [1.54, 1.807) is 13.3 Å². The van der Waals surface area contributed by atoms with Crippen molar-refractivity contribution in [2.75, 3.05) is 19.4 Å². The van der Waals surface area contributed by atoms with Crippen LogP contribution in [0.2, 0.25) is 0 Å². The van der Waals surface area contributed by atoms with Gasteiger partial charge in [-0.2, -0.15) is 0 Å². The van der Waals surface area contributed by atoms with Crippen molar-refractivity contribution in [2.45, 2.75) is 45.8 Å². The Balaban J connectivity index is 3.28. The van der Waals surface area contributed by atoms with Crippen LogP contribution in [0.1, 0.15) is 44.4 Å². The molecule has 0 amide bonds. The molecule has 4 heteroatoms. The number of nitrogens with two attached hydrogens (primary N) is 1. The molecule has 0 bridgehead atoms. The van der Waals surface area contributed by atoms with Crippen molar-refractivity contribution in [3.8, 4) is 0 Å². The molecular weight excluding hydrogens is 226 g/mol. The molecule has 102 valence electrons. The minimum Gasteiger partial charge on any atom is -0.383 e. The first-order valence-corrected chi connectivity index (χ1v) is 6.49. The van der Waals surface area contributed by atoms with Gasteiger partial charge in [0.05, 0.1) is 11.6 Å². The van der Waals surface area contributed by atoms with Crippen LogP contribution in [0.15, 0.2) is 12.3 Å². The largest absolute Gasteiger partial charge is 0.383 e. The summed E-state index contributed by atoms with van der Waals surface area (Å²) in [6.07, 6.45) is 2.64. The number of hydrogen-bond acceptors (Lipinski definition) is 4. The lowest BCUT2D eigenvalue weighted by Gasteiger charge is -2.37. The number of likely N-dealkylation sites (N-methyl/N-ethyl adjacent to an activating group) is 1. The molecule has 3 N–H and O–H groups in total. The van der Waals surface area contributed by atoms with Crippen molar-refractivity contribution in [1.29, 1.82) is 0 Å². The normalized spacial score (nSPS) is 16.3. The molecule has 0 aliphatic rings. The number of ether oxygens (including phenoxy) is 1. The number of hydrogen-bond donors (Lipinski definition) is 2. The predicted octanol–water partition coefficient (Wildman–Crippen LogP) is 2.44. The standard InChI is InChI=1S/C14H25N3O/c1-6-14(4,18-5)12(16-7-2)11-10(3)8-9-17-13(11)15/h8-9,12,16H,6-7H2,1-5H3,(H2,15,17). The Kier molecular flexibility index (Phi) is 5.11. The molecule has 2 unspecified atom stereocenters. The van der Waals surface area contributed by atoms with Gasteiger partial charge in [0, 0.05) is 18.9 Å². The molecule has 1 rings (SSSR count). The summed E-state index contributed by atoms with van der Waals surface area (Å²) in [7, 11) is 1.75. The van der Waals surface area contributed by atoms with Gasteiger partial charge in [0.15, 0.2) is 0 Å². The Morgan fingerprint density at radius 2 is 2.17 bits per heavy atom. The van der Waals surface area contributed by atoms with Gasteiger partial charge in [-0.3, -0.25) is 0 Å². The van der Waals surface area contributed by atoms with E-state index in [4.69, 9.17) is 10.5 Å². The predicted molar refractivity (Wildman–Crippen MR) is 75.5 cm³/mol. The highest BCUT2D eigenvalue weighted by Gasteiger charge is 2.35. The molecule has 0 saturated heterocycles. The third-order valence-corrected chi connectivity index (χ3v) is 3.71. The zero-order valence-electron chi connectivity index (χ0n) is 12.1. The van der Waals surface area contributed by atoms with Gasteiger partial charge in [0.25, 0.3) is 0 Å². The lowest BCUT2D eigenvalue weighted by molar-refractivity contribution is -0.0296. The van der Waals surface area contributed by atoms with Gasteiger partial charge in [0.2, 0.25) is 0 Å². The first kappa shape index (κ1) is 14.9. The highest BCUT2D eigenvalue weighted by atomic mass is 16.5. The van der Waals surface area contributed by atoms with Crippen molar-refractivity contribution in [3.05, 3.63) is 23.4 Å². The van der Waals surface area contributed by atoms with E-state index in [1.807, 2.05) is 6.07 Å². The van der Waals surface area contributed by atoms with E-state index < -0.39 is 0 Å². The lowest BCUT2D eigenvalue weighted by Crippen LogP contribution is -2.43. The van der Waals surface area contributed by atoms with E-state index >= 15 is 0 Å². The fourth-order valence-electron chi connectivity index (χ4n) is 2.26. The summed E-state index contributed by atoms with van der Waals surface area (Å²) in [5.74, 6) is 0.581. The minimum absolute atomic E-state index is 0.0474. The van der Waals surface area contributed by atoms with Gasteiger partial charge < -0.3 is 15.8 Å². The number of rotatable bonds is 6. The molecule has 18 heavy (non-hydrogen) atoms. The molecule has 0 spiro atoms. The minimum atomic E-state index is -0.294. The van der Waals surface area contributed by atoms with E-state index in [0.717, 1.165) is 24.1 Å². The van der Waals surface area contributed by atoms with Gasteiger partial charge >= 0.3 is 0 Å². The second-order valence-electron chi connectivity index (χ2n) is 4.79. The summed E-state index contributed by atoms with van der Waals surface area (Å²) in [6.45, 7) is 9.23. The maximum atomic E-state index is 6.05. The van der Waals surface area contributed by atoms with Crippen molar-refractivity contribution in [2.24, 2.45) is 0 Å². The Hall–Kier alpha value is -1.13. The maximum absolute atomic E-state index is 6.05. The highest BCUT2D eigenvalue weighted by Crippen LogP contribution is 2.35. The molecule has 0 saturated carbocycles. The Labute approximate surface area is 110 Å². The number of anilines is 1. The quantitative estimate of drug-likeness (QED) is 0.815. The van der Waals surface area contributed by atoms with Gasteiger partial charge in [-0.15, -0.1) is 0 Å². The molecule has 0 aromatic carbocycles. The van der Waals surface area contributed by atoms with Crippen LogP contribution in [-0.2, 0) is 4.74 Å². The van der Waals surface area contributed by atoms with E-state index in [1.165, 1.54) is 0 Å². The second kappa shape index (κ2) is 6.16. The molecule has 0 fully saturated rings. The molecule has 1 aromatic heterocycles. The van der Waals surface area contributed by atoms with Crippen LogP contribution in [0, 0.1) is 6.92 Å². The van der Waals surface area contributed by atoms with Gasteiger partial charge in [-0.05, 0) is 38.4 Å². The third kappa shape index (κ3) is 2.82. The van der Waals surface area contributed by atoms with Crippen LogP contribution in [0.25, 0.3) is 0 Å². The molecule has 1 aromatic rings. The summed E-state index contributed by atoms with van der Waals surface area (Å²) in [4.78, 5) is 4.21. The average molecular weight is 251 g/mol. The summed E-state index contributed by atoms with van der Waals surface area (Å²) in [6, 6.07) is 2.04. The van der Waals surface area contributed by atoms with Crippen LogP contribution in [-0.4, -0.2) is 24.2 Å². The number of methoxy groups -OCH3 is 1. The van der Waals surface area contributed by atoms with Crippen molar-refractivity contribution < 1.29 is 4.74 Å². The van der Waals surface area contributed by atoms with E-state index in [9.17, 15) is 0 Å². The summed E-state index contributed by atoms with van der Waals surface area (Å²) in [5, 5.41) is 3.48. The zero-order chi connectivity index (χ0) is 13.8. The third-order valence-electron chi connectivity index (χ3n) is 3.71. The van der Waals surface area contributed by atoms with Crippen LogP contribution in [0.5, 0.6) is 0 Å². The number of nitrogens with one attached hydrogen (secondary N) is 1. The van der Waals surface area contributed by atoms with Crippen LogP contribution in [0.3, 0.4) is 0 Å². The van der Waals surface area contributed by atoms with Crippen LogP contribution < -0.4 is 11.1 Å². The Bertz CT molecular complexity index is 368. The molecular formula is C14H25N3O. The van der Waals surface area contributed by atoms with Crippen molar-refractivity contribution in [1.82, 2.24) is 10.3 Å². The maximum Gasteiger partial charge on any atom is 0.128 e. The summed E-state index contributed by atoms with van der Waals surface area (Å²) in [5.41, 5.74) is 7.95. The Morgan fingerprint density at radius 1 is 1.50 bits per heavy atom. The molecule has 2 atom stereocenters. The molecule has 1 heterocycles. The molecule has 0 radical (unpaired) electrons. The van der Waals surface area contributed by atoms with Crippen LogP contribution >= 0.6 is 0 Å². The lowest BCUT2D eigenvalue weighted by atomic mass is 9.86. The topological polar surface area (TPSA) is 60.2 Å². The second-order valence-corrected chi connectivity index (χ2v) is 4.79. The number of aryl methyl sites for hydroxylation is 1. The van der Waals surface area contributed by atoms with E-state index in [0.29, 0.717) is 5.82 Å². The first-order chi connectivity index (χ1) is 8.50. The number of pyridine rings is 1. The van der Waals surface area contributed by atoms with Gasteiger partial charge in [0.1, 0.15) is 5.82 Å². The SMILES string of the molecule is CCNC(c1c(C)ccnc1N)C(C)(CC)OC. The highest BCUT2D eigenvalue weighted by molar-refractivity contribution is 5.47. The smallest absolute Gasteiger partial charge is 0.128 e. The number of nitrogens with zero attached hydrogens (tertiary/aromatic N) is 1. The first-order valence-electron chi connectivity index (χ1n) is 6.49. The summed E-state index contributed by atoms with van der Waals surface area (Å²) < 4.78 is 5.72. The fourth-order valence-corrected chi connectivity index (χ4v) is 2.26. The van der Waals surface area contributed by atoms with Gasteiger partial charge in [-0.1, -0.05) is 13.8 Å². The number of aromatic nitrogens is 1. The van der Waals surface area contributed by atoms with E-state index in [-0.39, 0.29) is 11.6 Å².